The molecule has 0 aromatic carbocycles. The molecule has 0 bridgehead atoms. The summed E-state index contributed by atoms with van der Waals surface area (Å²) in [6.07, 6.45) is 4.11. The zero-order valence-electron chi connectivity index (χ0n) is 13.8. The summed E-state index contributed by atoms with van der Waals surface area (Å²) in [6, 6.07) is 1.77. The molecule has 5 nitrogen and oxygen atoms in total. The lowest BCUT2D eigenvalue weighted by atomic mass is 9.88. The van der Waals surface area contributed by atoms with Crippen molar-refractivity contribution >= 4 is 0 Å². The van der Waals surface area contributed by atoms with E-state index in [1.165, 1.54) is 0 Å². The number of nitrogens with one attached hydrogen (secondary N) is 1. The summed E-state index contributed by atoms with van der Waals surface area (Å²) >= 11 is 0. The number of nitrogens with zero attached hydrogens (tertiary/aromatic N) is 1. The summed E-state index contributed by atoms with van der Waals surface area (Å²) in [7, 11) is 0. The summed E-state index contributed by atoms with van der Waals surface area (Å²) in [5, 5.41) is 22.3. The maximum atomic E-state index is 9.54. The maximum Gasteiger partial charge on any atom is 0.216 e. The van der Waals surface area contributed by atoms with Crippen LogP contribution in [-0.2, 0) is 13.0 Å². The minimum absolute atomic E-state index is 0.180. The van der Waals surface area contributed by atoms with Crippen LogP contribution in [0.25, 0.3) is 0 Å². The molecule has 5 heteroatoms. The highest BCUT2D eigenvalue weighted by Gasteiger charge is 2.20. The first kappa shape index (κ1) is 17.2. The fourth-order valence-electron chi connectivity index (χ4n) is 2.58. The van der Waals surface area contributed by atoms with E-state index >= 15 is 0 Å². The molecule has 1 atom stereocenters. The van der Waals surface area contributed by atoms with Gasteiger partial charge >= 0.3 is 0 Å². The summed E-state index contributed by atoms with van der Waals surface area (Å²) in [5.41, 5.74) is 2.37. The molecule has 1 unspecified atom stereocenters. The summed E-state index contributed by atoms with van der Waals surface area (Å²) in [4.78, 5) is 4.34. The van der Waals surface area contributed by atoms with Gasteiger partial charge in [0.05, 0.1) is 12.6 Å². The Hall–Kier alpha value is -1.17. The molecule has 2 rings (SSSR count). The van der Waals surface area contributed by atoms with E-state index in [0.717, 1.165) is 49.3 Å². The largest absolute Gasteiger partial charge is 0.477 e. The monoisotopic (exact) mass is 308 g/mol. The van der Waals surface area contributed by atoms with Gasteiger partial charge < -0.3 is 20.3 Å². The highest BCUT2D eigenvalue weighted by molar-refractivity contribution is 5.31. The topological polar surface area (TPSA) is 74.6 Å². The normalized spacial score (nSPS) is 16.3. The molecular formula is C17H28N2O3. The van der Waals surface area contributed by atoms with Crippen molar-refractivity contribution in [2.24, 2.45) is 5.41 Å². The van der Waals surface area contributed by atoms with Crippen LogP contribution in [-0.4, -0.2) is 34.1 Å². The molecule has 0 radical (unpaired) electrons. The molecular weight excluding hydrogens is 280 g/mol. The number of aryl methyl sites for hydroxylation is 1. The molecule has 22 heavy (non-hydrogen) atoms. The molecule has 0 spiro atoms. The van der Waals surface area contributed by atoms with Gasteiger partial charge in [-0.15, -0.1) is 0 Å². The third-order valence-electron chi connectivity index (χ3n) is 3.94. The molecule has 3 N–H and O–H groups in total. The molecule has 1 aromatic heterocycles. The lowest BCUT2D eigenvalue weighted by Gasteiger charge is -2.25. The van der Waals surface area contributed by atoms with Crippen LogP contribution < -0.4 is 10.1 Å². The second-order valence-electron chi connectivity index (χ2n) is 7.26. The highest BCUT2D eigenvalue weighted by Crippen LogP contribution is 2.24. The van der Waals surface area contributed by atoms with E-state index in [1.54, 1.807) is 6.20 Å². The first-order valence-electron chi connectivity index (χ1n) is 8.05. The van der Waals surface area contributed by atoms with Crippen LogP contribution in [0.15, 0.2) is 12.3 Å². The zero-order valence-corrected chi connectivity index (χ0v) is 13.8. The fourth-order valence-corrected chi connectivity index (χ4v) is 2.58. The number of aliphatic hydroxyl groups excluding tert-OH is 1. The van der Waals surface area contributed by atoms with E-state index in [2.05, 4.69) is 37.1 Å². The Kier molecular flexibility index (Phi) is 5.78. The van der Waals surface area contributed by atoms with E-state index in [1.807, 2.05) is 0 Å². The third kappa shape index (κ3) is 5.23. The minimum Gasteiger partial charge on any atom is -0.477 e. The molecule has 0 aliphatic carbocycles. The van der Waals surface area contributed by atoms with Crippen molar-refractivity contribution < 1.29 is 14.9 Å². The Balaban J connectivity index is 1.91. The number of ether oxygens (including phenoxy) is 1. The Labute approximate surface area is 132 Å². The number of aliphatic hydroxyl groups is 2. The maximum absolute atomic E-state index is 9.54. The number of hydrogen-bond donors (Lipinski definition) is 3. The van der Waals surface area contributed by atoms with Crippen LogP contribution in [0, 0.1) is 5.41 Å². The lowest BCUT2D eigenvalue weighted by molar-refractivity contribution is -0.0708. The van der Waals surface area contributed by atoms with Gasteiger partial charge in [-0.05, 0) is 42.7 Å². The summed E-state index contributed by atoms with van der Waals surface area (Å²) in [6.45, 7) is 7.78. The van der Waals surface area contributed by atoms with E-state index in [4.69, 9.17) is 4.74 Å². The quantitative estimate of drug-likeness (QED) is 0.701. The Morgan fingerprint density at radius 2 is 2.14 bits per heavy atom. The van der Waals surface area contributed by atoms with E-state index in [9.17, 15) is 10.2 Å². The van der Waals surface area contributed by atoms with E-state index < -0.39 is 6.29 Å². The SMILES string of the molecule is CC(C)(C)CCC(NCc1cnc2c(c1)CCCO2)C(O)O. The average molecular weight is 308 g/mol. The van der Waals surface area contributed by atoms with Gasteiger partial charge in [0.1, 0.15) is 0 Å². The van der Waals surface area contributed by atoms with Crippen LogP contribution in [0.1, 0.15) is 51.2 Å². The number of pyridine rings is 1. The second kappa shape index (κ2) is 7.40. The third-order valence-corrected chi connectivity index (χ3v) is 3.94. The van der Waals surface area contributed by atoms with Crippen molar-refractivity contribution in [3.05, 3.63) is 23.4 Å². The molecule has 0 amide bonds. The van der Waals surface area contributed by atoms with Gasteiger partial charge in [0.2, 0.25) is 5.88 Å². The van der Waals surface area contributed by atoms with Crippen LogP contribution in [0.2, 0.25) is 0 Å². The predicted octanol–water partition coefficient (Wildman–Crippen LogP) is 2.00. The number of rotatable bonds is 6. The van der Waals surface area contributed by atoms with Gasteiger partial charge in [-0.1, -0.05) is 20.8 Å². The van der Waals surface area contributed by atoms with Crippen molar-refractivity contribution in [1.82, 2.24) is 10.3 Å². The average Bonchev–Trinajstić information content (AvgIpc) is 2.45. The fraction of sp³-hybridized carbons (Fsp3) is 0.706. The van der Waals surface area contributed by atoms with Crippen molar-refractivity contribution in [2.75, 3.05) is 6.61 Å². The van der Waals surface area contributed by atoms with Crippen LogP contribution in [0.3, 0.4) is 0 Å². The number of hydrogen-bond acceptors (Lipinski definition) is 5. The molecule has 124 valence electrons. The smallest absolute Gasteiger partial charge is 0.216 e. The van der Waals surface area contributed by atoms with E-state index in [0.29, 0.717) is 6.54 Å². The van der Waals surface area contributed by atoms with Crippen LogP contribution in [0.5, 0.6) is 5.88 Å². The first-order valence-corrected chi connectivity index (χ1v) is 8.05. The summed E-state index contributed by atoms with van der Waals surface area (Å²) in [5.74, 6) is 0.737. The predicted molar refractivity (Wildman–Crippen MR) is 85.6 cm³/mol. The number of aromatic nitrogens is 1. The second-order valence-corrected chi connectivity index (χ2v) is 7.26. The molecule has 0 fully saturated rings. The van der Waals surface area contributed by atoms with Crippen molar-refractivity contribution in [3.8, 4) is 5.88 Å². The first-order chi connectivity index (χ1) is 10.3. The van der Waals surface area contributed by atoms with Crippen molar-refractivity contribution in [1.29, 1.82) is 0 Å². The Morgan fingerprint density at radius 1 is 1.36 bits per heavy atom. The minimum atomic E-state index is -1.35. The van der Waals surface area contributed by atoms with Gasteiger partial charge in [-0.25, -0.2) is 4.98 Å². The molecule has 1 aliphatic heterocycles. The zero-order chi connectivity index (χ0) is 16.2. The van der Waals surface area contributed by atoms with Gasteiger partial charge in [0, 0.05) is 18.3 Å². The number of fused-ring (bicyclic) bond motifs is 1. The standard InChI is InChI=1S/C17H28N2O3/c1-17(2,3)7-6-14(16(20)21)18-10-12-9-13-5-4-8-22-15(13)19-11-12/h9,11,14,16,18,20-21H,4-8,10H2,1-3H3. The van der Waals surface area contributed by atoms with Crippen molar-refractivity contribution in [2.45, 2.75) is 65.3 Å². The summed E-state index contributed by atoms with van der Waals surface area (Å²) < 4.78 is 5.51. The Bertz CT molecular complexity index is 483. The lowest BCUT2D eigenvalue weighted by Crippen LogP contribution is -2.40. The highest BCUT2D eigenvalue weighted by atomic mass is 16.5. The van der Waals surface area contributed by atoms with Crippen LogP contribution >= 0.6 is 0 Å². The van der Waals surface area contributed by atoms with Gasteiger partial charge in [-0.3, -0.25) is 0 Å². The molecule has 2 heterocycles. The molecule has 1 aromatic rings. The van der Waals surface area contributed by atoms with E-state index in [-0.39, 0.29) is 11.5 Å². The molecule has 1 aliphatic rings. The molecule has 0 saturated carbocycles. The van der Waals surface area contributed by atoms with Crippen LogP contribution in [0.4, 0.5) is 0 Å². The van der Waals surface area contributed by atoms with Gasteiger partial charge in [-0.2, -0.15) is 0 Å². The Morgan fingerprint density at radius 3 is 2.82 bits per heavy atom. The van der Waals surface area contributed by atoms with Crippen molar-refractivity contribution in [3.63, 3.8) is 0 Å². The van der Waals surface area contributed by atoms with Gasteiger partial charge in [0.15, 0.2) is 6.29 Å². The van der Waals surface area contributed by atoms with Gasteiger partial charge in [0.25, 0.3) is 0 Å². The molecule has 0 saturated heterocycles.